The molecule has 37 heavy (non-hydrogen) atoms. The smallest absolute Gasteiger partial charge is 0.378 e. The highest BCUT2D eigenvalue weighted by molar-refractivity contribution is 5.83. The number of carbonyl (C=O) groups is 1. The Labute approximate surface area is 213 Å². The molecule has 0 aliphatic heterocycles. The van der Waals surface area contributed by atoms with Crippen LogP contribution in [0.5, 0.6) is 0 Å². The molecule has 2 N–H and O–H groups in total. The first-order chi connectivity index (χ1) is 17.1. The van der Waals surface area contributed by atoms with Gasteiger partial charge < -0.3 is 15.5 Å². The van der Waals surface area contributed by atoms with Crippen molar-refractivity contribution in [1.82, 2.24) is 10.6 Å². The van der Waals surface area contributed by atoms with Crippen LogP contribution in [-0.4, -0.2) is 26.0 Å². The molecule has 0 heterocycles. The first-order valence-corrected chi connectivity index (χ1v) is 12.2. The molecule has 204 valence electrons. The SMILES string of the molecule is CC(C)[C@]1(C(=O)NCc2cc(C(F)(F)F)cc(C(F)(F)F)c2)CC[C@@H](NCc2ccc(N(C)C)cc2)C1. The Morgan fingerprint density at radius 3 is 2.00 bits per heavy atom. The molecule has 10 heteroatoms. The molecule has 0 bridgehead atoms. The van der Waals surface area contributed by atoms with E-state index in [1.165, 1.54) is 0 Å². The highest BCUT2D eigenvalue weighted by Gasteiger charge is 2.47. The molecule has 1 aliphatic carbocycles. The fourth-order valence-electron chi connectivity index (χ4n) is 4.90. The van der Waals surface area contributed by atoms with Crippen LogP contribution in [0.3, 0.4) is 0 Å². The summed E-state index contributed by atoms with van der Waals surface area (Å²) in [6, 6.07) is 9.56. The summed E-state index contributed by atoms with van der Waals surface area (Å²) in [6.45, 7) is 4.02. The van der Waals surface area contributed by atoms with Gasteiger partial charge >= 0.3 is 12.4 Å². The summed E-state index contributed by atoms with van der Waals surface area (Å²) in [4.78, 5) is 15.3. The van der Waals surface area contributed by atoms with E-state index in [1.54, 1.807) is 0 Å². The van der Waals surface area contributed by atoms with Crippen LogP contribution < -0.4 is 15.5 Å². The van der Waals surface area contributed by atoms with E-state index in [1.807, 2.05) is 57.1 Å². The molecule has 0 saturated heterocycles. The molecule has 1 aliphatic rings. The van der Waals surface area contributed by atoms with Crippen molar-refractivity contribution < 1.29 is 31.1 Å². The van der Waals surface area contributed by atoms with Gasteiger partial charge in [0.15, 0.2) is 0 Å². The summed E-state index contributed by atoms with van der Waals surface area (Å²) in [5, 5.41) is 6.11. The minimum absolute atomic E-state index is 0.0621. The molecule has 1 saturated carbocycles. The number of carbonyl (C=O) groups excluding carboxylic acids is 1. The lowest BCUT2D eigenvalue weighted by atomic mass is 9.74. The minimum atomic E-state index is -4.93. The molecule has 2 aromatic carbocycles. The lowest BCUT2D eigenvalue weighted by Crippen LogP contribution is -2.43. The summed E-state index contributed by atoms with van der Waals surface area (Å²) < 4.78 is 79.1. The minimum Gasteiger partial charge on any atom is -0.378 e. The second-order valence-electron chi connectivity index (χ2n) is 10.3. The third-order valence-electron chi connectivity index (χ3n) is 7.26. The van der Waals surface area contributed by atoms with Crippen LogP contribution in [0.25, 0.3) is 0 Å². The van der Waals surface area contributed by atoms with Gasteiger partial charge in [-0.15, -0.1) is 0 Å². The van der Waals surface area contributed by atoms with Crippen molar-refractivity contribution in [3.05, 3.63) is 64.7 Å². The Morgan fingerprint density at radius 1 is 0.946 bits per heavy atom. The standard InChI is InChI=1S/C27H33F6N3O/c1-17(2)25(10-9-22(14-25)34-15-18-5-7-23(8-6-18)36(3)4)24(37)35-16-19-11-20(26(28,29)30)13-21(12-19)27(31,32)33/h5-8,11-13,17,22,34H,9-10,14-16H2,1-4H3,(H,35,37)/t22-,25+/m1/s1. The first kappa shape index (κ1) is 28.8. The van der Waals surface area contributed by atoms with Crippen LogP contribution in [0, 0.1) is 11.3 Å². The van der Waals surface area contributed by atoms with Gasteiger partial charge in [0.2, 0.25) is 5.91 Å². The van der Waals surface area contributed by atoms with Gasteiger partial charge in [-0.25, -0.2) is 0 Å². The van der Waals surface area contributed by atoms with E-state index in [0.717, 1.165) is 17.7 Å². The van der Waals surface area contributed by atoms with Crippen LogP contribution in [-0.2, 0) is 30.2 Å². The number of amides is 1. The first-order valence-electron chi connectivity index (χ1n) is 12.2. The molecular formula is C27H33F6N3O. The Kier molecular flexibility index (Phi) is 8.51. The third kappa shape index (κ3) is 6.97. The van der Waals surface area contributed by atoms with Crippen LogP contribution in [0.1, 0.15) is 55.4 Å². The number of anilines is 1. The van der Waals surface area contributed by atoms with Crippen LogP contribution in [0.15, 0.2) is 42.5 Å². The van der Waals surface area contributed by atoms with E-state index < -0.39 is 35.4 Å². The second-order valence-corrected chi connectivity index (χ2v) is 10.3. The number of rotatable bonds is 8. The molecule has 0 aromatic heterocycles. The van der Waals surface area contributed by atoms with Gasteiger partial charge in [-0.3, -0.25) is 4.79 Å². The molecule has 0 radical (unpaired) electrons. The molecule has 0 unspecified atom stereocenters. The number of alkyl halides is 6. The second kappa shape index (κ2) is 10.9. The van der Waals surface area contributed by atoms with Crippen molar-refractivity contribution in [3.8, 4) is 0 Å². The van der Waals surface area contributed by atoms with Crippen LogP contribution in [0.2, 0.25) is 0 Å². The van der Waals surface area contributed by atoms with Crippen molar-refractivity contribution in [3.63, 3.8) is 0 Å². The van der Waals surface area contributed by atoms with Gasteiger partial charge in [-0.1, -0.05) is 26.0 Å². The Morgan fingerprint density at radius 2 is 1.51 bits per heavy atom. The Hall–Kier alpha value is -2.75. The van der Waals surface area contributed by atoms with E-state index in [9.17, 15) is 31.1 Å². The fraction of sp³-hybridized carbons (Fsp3) is 0.519. The quantitative estimate of drug-likeness (QED) is 0.390. The molecule has 2 aromatic rings. The normalized spacial score (nSPS) is 20.4. The summed E-state index contributed by atoms with van der Waals surface area (Å²) >= 11 is 0. The van der Waals surface area contributed by atoms with Crippen molar-refractivity contribution in [2.24, 2.45) is 11.3 Å². The van der Waals surface area contributed by atoms with Crippen molar-refractivity contribution in [2.45, 2.75) is 64.6 Å². The molecule has 1 fully saturated rings. The number of hydrogen-bond donors (Lipinski definition) is 2. The number of nitrogens with zero attached hydrogens (tertiary/aromatic N) is 1. The van der Waals surface area contributed by atoms with E-state index >= 15 is 0 Å². The number of halogens is 6. The third-order valence-corrected chi connectivity index (χ3v) is 7.26. The lowest BCUT2D eigenvalue weighted by Gasteiger charge is -2.32. The van der Waals surface area contributed by atoms with Gasteiger partial charge in [0.25, 0.3) is 0 Å². The summed E-state index contributed by atoms with van der Waals surface area (Å²) in [5.41, 5.74) is -1.61. The zero-order chi connectivity index (χ0) is 27.6. The maximum absolute atomic E-state index is 13.3. The fourth-order valence-corrected chi connectivity index (χ4v) is 4.90. The maximum atomic E-state index is 13.3. The number of nitrogens with one attached hydrogen (secondary N) is 2. The molecule has 0 spiro atoms. The summed E-state index contributed by atoms with van der Waals surface area (Å²) in [7, 11) is 3.93. The Balaban J connectivity index is 1.68. The van der Waals surface area contributed by atoms with Gasteiger partial charge in [-0.2, -0.15) is 26.3 Å². The highest BCUT2D eigenvalue weighted by atomic mass is 19.4. The van der Waals surface area contributed by atoms with Gasteiger partial charge in [0.05, 0.1) is 16.5 Å². The van der Waals surface area contributed by atoms with E-state index in [2.05, 4.69) is 10.6 Å². The molecular weight excluding hydrogens is 496 g/mol. The lowest BCUT2D eigenvalue weighted by molar-refractivity contribution is -0.143. The van der Waals surface area contributed by atoms with Crippen molar-refractivity contribution in [1.29, 1.82) is 0 Å². The van der Waals surface area contributed by atoms with Crippen LogP contribution >= 0.6 is 0 Å². The van der Waals surface area contributed by atoms with E-state index in [4.69, 9.17) is 0 Å². The summed E-state index contributed by atoms with van der Waals surface area (Å²) in [5.74, 6) is -0.418. The topological polar surface area (TPSA) is 44.4 Å². The molecule has 2 atom stereocenters. The predicted molar refractivity (Wildman–Crippen MR) is 131 cm³/mol. The monoisotopic (exact) mass is 529 g/mol. The van der Waals surface area contributed by atoms with Gasteiger partial charge in [0.1, 0.15) is 0 Å². The molecule has 3 rings (SSSR count). The van der Waals surface area contributed by atoms with Gasteiger partial charge in [-0.05, 0) is 66.6 Å². The van der Waals surface area contributed by atoms with Crippen LogP contribution in [0.4, 0.5) is 32.0 Å². The summed E-state index contributed by atoms with van der Waals surface area (Å²) in [6.07, 6.45) is -8.03. The van der Waals surface area contributed by atoms with E-state index in [-0.39, 0.29) is 29.5 Å². The average Bonchev–Trinajstić information content (AvgIpc) is 3.26. The number of benzene rings is 2. The zero-order valence-corrected chi connectivity index (χ0v) is 21.4. The molecule has 4 nitrogen and oxygen atoms in total. The zero-order valence-electron chi connectivity index (χ0n) is 21.4. The predicted octanol–water partition coefficient (Wildman–Crippen LogP) is 6.39. The van der Waals surface area contributed by atoms with Crippen molar-refractivity contribution >= 4 is 11.6 Å². The Bertz CT molecular complexity index is 1050. The molecule has 1 amide bonds. The van der Waals surface area contributed by atoms with Gasteiger partial charge in [0, 0.05) is 38.9 Å². The number of hydrogen-bond acceptors (Lipinski definition) is 3. The average molecular weight is 530 g/mol. The maximum Gasteiger partial charge on any atom is 0.416 e. The largest absolute Gasteiger partial charge is 0.416 e. The highest BCUT2D eigenvalue weighted by Crippen LogP contribution is 2.45. The van der Waals surface area contributed by atoms with Crippen molar-refractivity contribution in [2.75, 3.05) is 19.0 Å². The van der Waals surface area contributed by atoms with E-state index in [0.29, 0.717) is 31.5 Å².